The molecule has 0 saturated heterocycles. The Bertz CT molecular complexity index is 495. The van der Waals surface area contributed by atoms with Crippen molar-refractivity contribution in [2.24, 2.45) is 11.7 Å². The Morgan fingerprint density at radius 1 is 1.23 bits per heavy atom. The largest absolute Gasteiger partial charge is 0.444 e. The summed E-state index contributed by atoms with van der Waals surface area (Å²) >= 11 is 0. The summed E-state index contributed by atoms with van der Waals surface area (Å²) in [5.41, 5.74) is 10.6. The van der Waals surface area contributed by atoms with Crippen molar-refractivity contribution in [3.63, 3.8) is 0 Å². The van der Waals surface area contributed by atoms with E-state index in [1.807, 2.05) is 20.8 Å². The number of benzene rings is 1. The van der Waals surface area contributed by atoms with Crippen LogP contribution >= 0.6 is 0 Å². The summed E-state index contributed by atoms with van der Waals surface area (Å²) in [6.45, 7) is 13.0. The molecular formula is C18H30N2O2. The Balaban J connectivity index is 2.65. The maximum Gasteiger partial charge on any atom is 0.407 e. The third-order valence-corrected chi connectivity index (χ3v) is 3.60. The molecule has 1 unspecified atom stereocenters. The van der Waals surface area contributed by atoms with Crippen LogP contribution in [-0.4, -0.2) is 24.8 Å². The van der Waals surface area contributed by atoms with Crippen molar-refractivity contribution < 1.29 is 9.53 Å². The first-order valence-electron chi connectivity index (χ1n) is 7.86. The first kappa shape index (κ1) is 18.5. The predicted octanol–water partition coefficient (Wildman–Crippen LogP) is 3.25. The zero-order valence-corrected chi connectivity index (χ0v) is 14.7. The van der Waals surface area contributed by atoms with Crippen molar-refractivity contribution in [1.29, 1.82) is 0 Å². The molecule has 0 spiro atoms. The predicted molar refractivity (Wildman–Crippen MR) is 91.1 cm³/mol. The minimum absolute atomic E-state index is 0.202. The molecule has 0 saturated carbocycles. The molecule has 1 aromatic carbocycles. The molecule has 0 aliphatic heterocycles. The number of carbonyl (C=O) groups is 1. The number of hydrogen-bond donors (Lipinski definition) is 2. The second-order valence-electron chi connectivity index (χ2n) is 7.07. The molecule has 22 heavy (non-hydrogen) atoms. The minimum atomic E-state index is -0.480. The van der Waals surface area contributed by atoms with Gasteiger partial charge in [-0.2, -0.15) is 0 Å². The van der Waals surface area contributed by atoms with Gasteiger partial charge in [0.05, 0.1) is 0 Å². The SMILES string of the molecule is Cc1cc(C)c(CC(CN)CNC(=O)OC(C)(C)C)c(C)c1. The molecule has 1 aromatic rings. The van der Waals surface area contributed by atoms with E-state index >= 15 is 0 Å². The van der Waals surface area contributed by atoms with E-state index in [2.05, 4.69) is 38.2 Å². The first-order chi connectivity index (χ1) is 10.1. The minimum Gasteiger partial charge on any atom is -0.444 e. The second-order valence-corrected chi connectivity index (χ2v) is 7.07. The number of amides is 1. The van der Waals surface area contributed by atoms with E-state index in [1.54, 1.807) is 0 Å². The van der Waals surface area contributed by atoms with E-state index in [4.69, 9.17) is 10.5 Å². The lowest BCUT2D eigenvalue weighted by Gasteiger charge is -2.22. The van der Waals surface area contributed by atoms with E-state index in [1.165, 1.54) is 22.3 Å². The summed E-state index contributed by atoms with van der Waals surface area (Å²) in [4.78, 5) is 11.7. The number of nitrogens with two attached hydrogens (primary N) is 1. The molecule has 0 heterocycles. The van der Waals surface area contributed by atoms with E-state index in [9.17, 15) is 4.79 Å². The van der Waals surface area contributed by atoms with Crippen LogP contribution in [0.5, 0.6) is 0 Å². The number of nitrogens with one attached hydrogen (secondary N) is 1. The van der Waals surface area contributed by atoms with E-state index in [-0.39, 0.29) is 12.0 Å². The van der Waals surface area contributed by atoms with Crippen molar-refractivity contribution >= 4 is 6.09 Å². The fraction of sp³-hybridized carbons (Fsp3) is 0.611. The molecule has 0 bridgehead atoms. The van der Waals surface area contributed by atoms with Crippen LogP contribution in [0.3, 0.4) is 0 Å². The van der Waals surface area contributed by atoms with Gasteiger partial charge in [-0.05, 0) is 77.1 Å². The molecule has 4 nitrogen and oxygen atoms in total. The lowest BCUT2D eigenvalue weighted by molar-refractivity contribution is 0.0520. The second kappa shape index (κ2) is 7.63. The van der Waals surface area contributed by atoms with Gasteiger partial charge in [-0.3, -0.25) is 0 Å². The van der Waals surface area contributed by atoms with Gasteiger partial charge in [-0.1, -0.05) is 17.7 Å². The highest BCUT2D eigenvalue weighted by Gasteiger charge is 2.18. The number of alkyl carbamates (subject to hydrolysis) is 1. The third kappa shape index (κ3) is 6.06. The highest BCUT2D eigenvalue weighted by atomic mass is 16.6. The van der Waals surface area contributed by atoms with E-state index in [0.717, 1.165) is 6.42 Å². The summed E-state index contributed by atoms with van der Waals surface area (Å²) in [6, 6.07) is 4.38. The zero-order chi connectivity index (χ0) is 16.9. The molecule has 4 heteroatoms. The van der Waals surface area contributed by atoms with Gasteiger partial charge in [0.15, 0.2) is 0 Å². The zero-order valence-electron chi connectivity index (χ0n) is 14.7. The number of aryl methyl sites for hydroxylation is 3. The molecule has 124 valence electrons. The van der Waals surface area contributed by atoms with Gasteiger partial charge in [0, 0.05) is 6.54 Å². The standard InChI is InChI=1S/C18H30N2O2/c1-12-7-13(2)16(14(3)8-12)9-15(10-19)11-20-17(21)22-18(4,5)6/h7-8,15H,9-11,19H2,1-6H3,(H,20,21). The Kier molecular flexibility index (Phi) is 6.42. The van der Waals surface area contributed by atoms with Crippen molar-refractivity contribution in [3.05, 3.63) is 34.4 Å². The normalized spacial score (nSPS) is 12.9. The van der Waals surface area contributed by atoms with Gasteiger partial charge in [0.2, 0.25) is 0 Å². The van der Waals surface area contributed by atoms with Crippen LogP contribution in [0.2, 0.25) is 0 Å². The Hall–Kier alpha value is -1.55. The fourth-order valence-corrected chi connectivity index (χ4v) is 2.60. The highest BCUT2D eigenvalue weighted by molar-refractivity contribution is 5.67. The molecule has 3 N–H and O–H groups in total. The van der Waals surface area contributed by atoms with Crippen molar-refractivity contribution in [3.8, 4) is 0 Å². The maximum atomic E-state index is 11.7. The van der Waals surface area contributed by atoms with Crippen molar-refractivity contribution in [1.82, 2.24) is 5.32 Å². The van der Waals surface area contributed by atoms with Gasteiger partial charge in [-0.25, -0.2) is 4.79 Å². The van der Waals surface area contributed by atoms with E-state index in [0.29, 0.717) is 13.1 Å². The number of rotatable bonds is 5. The highest BCUT2D eigenvalue weighted by Crippen LogP contribution is 2.19. The Morgan fingerprint density at radius 3 is 2.23 bits per heavy atom. The average Bonchev–Trinajstić information content (AvgIpc) is 2.34. The van der Waals surface area contributed by atoms with Crippen LogP contribution < -0.4 is 11.1 Å². The van der Waals surface area contributed by atoms with E-state index < -0.39 is 5.60 Å². The fourth-order valence-electron chi connectivity index (χ4n) is 2.60. The summed E-state index contributed by atoms with van der Waals surface area (Å²) in [6.07, 6.45) is 0.479. The van der Waals surface area contributed by atoms with Gasteiger partial charge in [0.1, 0.15) is 5.60 Å². The van der Waals surface area contributed by atoms with Crippen LogP contribution in [-0.2, 0) is 11.2 Å². The van der Waals surface area contributed by atoms with Crippen molar-refractivity contribution in [2.45, 2.75) is 53.6 Å². The molecule has 1 atom stereocenters. The van der Waals surface area contributed by atoms with Crippen LogP contribution in [0.4, 0.5) is 4.79 Å². The number of ether oxygens (including phenoxy) is 1. The Labute approximate surface area is 134 Å². The van der Waals surface area contributed by atoms with Gasteiger partial charge in [-0.15, -0.1) is 0 Å². The monoisotopic (exact) mass is 306 g/mol. The quantitative estimate of drug-likeness (QED) is 0.877. The van der Waals surface area contributed by atoms with Gasteiger partial charge >= 0.3 is 6.09 Å². The lowest BCUT2D eigenvalue weighted by atomic mass is 9.91. The molecule has 0 aliphatic carbocycles. The number of carbonyl (C=O) groups excluding carboxylic acids is 1. The molecule has 0 aromatic heterocycles. The Morgan fingerprint density at radius 2 is 1.77 bits per heavy atom. The molecule has 0 radical (unpaired) electrons. The third-order valence-electron chi connectivity index (χ3n) is 3.60. The van der Waals surface area contributed by atoms with Crippen LogP contribution in [0.15, 0.2) is 12.1 Å². The van der Waals surface area contributed by atoms with Crippen LogP contribution in [0.25, 0.3) is 0 Å². The van der Waals surface area contributed by atoms with Crippen LogP contribution in [0, 0.1) is 26.7 Å². The summed E-state index contributed by atoms with van der Waals surface area (Å²) in [7, 11) is 0. The topological polar surface area (TPSA) is 64.3 Å². The molecule has 1 amide bonds. The van der Waals surface area contributed by atoms with Gasteiger partial charge in [0.25, 0.3) is 0 Å². The summed E-state index contributed by atoms with van der Waals surface area (Å²) in [5, 5.41) is 2.82. The number of hydrogen-bond acceptors (Lipinski definition) is 3. The van der Waals surface area contributed by atoms with Crippen LogP contribution in [0.1, 0.15) is 43.0 Å². The molecule has 0 aliphatic rings. The molecule has 1 rings (SSSR count). The van der Waals surface area contributed by atoms with Gasteiger partial charge < -0.3 is 15.8 Å². The lowest BCUT2D eigenvalue weighted by Crippen LogP contribution is -2.37. The molecule has 0 fully saturated rings. The molecular weight excluding hydrogens is 276 g/mol. The smallest absolute Gasteiger partial charge is 0.407 e. The average molecular weight is 306 g/mol. The van der Waals surface area contributed by atoms with Crippen molar-refractivity contribution in [2.75, 3.05) is 13.1 Å². The summed E-state index contributed by atoms with van der Waals surface area (Å²) in [5.74, 6) is 0.202. The first-order valence-corrected chi connectivity index (χ1v) is 7.86. The maximum absolute atomic E-state index is 11.7. The summed E-state index contributed by atoms with van der Waals surface area (Å²) < 4.78 is 5.26.